The first-order valence-corrected chi connectivity index (χ1v) is 9.63. The maximum atomic E-state index is 13.1. The predicted octanol–water partition coefficient (Wildman–Crippen LogP) is 3.66. The molecule has 0 N–H and O–H groups in total. The summed E-state index contributed by atoms with van der Waals surface area (Å²) in [6.45, 7) is 4.99. The molecule has 6 nitrogen and oxygen atoms in total. The Balaban J connectivity index is 1.64. The van der Waals surface area contributed by atoms with Gasteiger partial charge in [-0.2, -0.15) is 0 Å². The van der Waals surface area contributed by atoms with Crippen LogP contribution in [0.4, 0.5) is 5.13 Å². The molecular formula is C19H21N3O3S. The zero-order valence-corrected chi connectivity index (χ0v) is 15.7. The quantitative estimate of drug-likeness (QED) is 0.685. The smallest absolute Gasteiger partial charge is 0.233 e. The molecule has 0 spiro atoms. The van der Waals surface area contributed by atoms with Crippen LogP contribution in [-0.2, 0) is 16.0 Å². The number of thiazole rings is 1. The molecule has 0 bridgehead atoms. The third-order valence-corrected chi connectivity index (χ3v) is 5.79. The first-order valence-electron chi connectivity index (χ1n) is 8.81. The second-order valence-electron chi connectivity index (χ2n) is 6.58. The second kappa shape index (κ2) is 7.17. The number of ether oxygens (including phenoxy) is 1. The third kappa shape index (κ3) is 3.37. The van der Waals surface area contributed by atoms with Crippen LogP contribution in [0.25, 0.3) is 10.2 Å². The Kier molecular flexibility index (Phi) is 4.74. The number of benzene rings is 1. The van der Waals surface area contributed by atoms with Crippen LogP contribution in [0.15, 0.2) is 28.8 Å². The minimum atomic E-state index is -0.00560. The summed E-state index contributed by atoms with van der Waals surface area (Å²) in [6, 6.07) is 7.94. The lowest BCUT2D eigenvalue weighted by molar-refractivity contribution is -0.118. The van der Waals surface area contributed by atoms with Gasteiger partial charge in [-0.1, -0.05) is 28.6 Å². The molecule has 4 rings (SSSR count). The normalized spacial score (nSPS) is 17.1. The van der Waals surface area contributed by atoms with E-state index >= 15 is 0 Å². The summed E-state index contributed by atoms with van der Waals surface area (Å²) in [7, 11) is 0. The van der Waals surface area contributed by atoms with Gasteiger partial charge in [0.05, 0.1) is 35.0 Å². The molecule has 2 aromatic heterocycles. The number of anilines is 1. The summed E-state index contributed by atoms with van der Waals surface area (Å²) in [6.07, 6.45) is 2.33. The van der Waals surface area contributed by atoms with Crippen molar-refractivity contribution in [3.8, 4) is 0 Å². The van der Waals surface area contributed by atoms with Crippen LogP contribution >= 0.6 is 11.3 Å². The maximum absolute atomic E-state index is 13.1. The lowest BCUT2D eigenvalue weighted by atomic mass is 10.1. The predicted molar refractivity (Wildman–Crippen MR) is 101 cm³/mol. The lowest BCUT2D eigenvalue weighted by Crippen LogP contribution is -2.38. The van der Waals surface area contributed by atoms with Gasteiger partial charge in [-0.25, -0.2) is 4.98 Å². The average molecular weight is 371 g/mol. The van der Waals surface area contributed by atoms with E-state index in [1.165, 1.54) is 11.3 Å². The molecule has 1 saturated heterocycles. The number of aromatic nitrogens is 2. The summed E-state index contributed by atoms with van der Waals surface area (Å²) in [5.41, 5.74) is 2.53. The van der Waals surface area contributed by atoms with Gasteiger partial charge >= 0.3 is 0 Å². The van der Waals surface area contributed by atoms with Gasteiger partial charge in [0.15, 0.2) is 5.13 Å². The zero-order valence-electron chi connectivity index (χ0n) is 14.9. The van der Waals surface area contributed by atoms with E-state index < -0.39 is 0 Å². The van der Waals surface area contributed by atoms with Crippen LogP contribution in [0.2, 0.25) is 0 Å². The van der Waals surface area contributed by atoms with Gasteiger partial charge in [-0.15, -0.1) is 0 Å². The summed E-state index contributed by atoms with van der Waals surface area (Å²) in [5, 5.41) is 4.68. The van der Waals surface area contributed by atoms with Crippen molar-refractivity contribution >= 4 is 32.6 Å². The fourth-order valence-electron chi connectivity index (χ4n) is 3.25. The number of carbonyl (C=O) groups excluding carboxylic acids is 1. The molecule has 1 aliphatic rings. The summed E-state index contributed by atoms with van der Waals surface area (Å²) >= 11 is 1.54. The van der Waals surface area contributed by atoms with E-state index in [1.807, 2.05) is 38.1 Å². The number of hydrogen-bond acceptors (Lipinski definition) is 6. The molecule has 1 aliphatic heterocycles. The van der Waals surface area contributed by atoms with Crippen molar-refractivity contribution < 1.29 is 14.1 Å². The van der Waals surface area contributed by atoms with Gasteiger partial charge in [0.1, 0.15) is 5.76 Å². The van der Waals surface area contributed by atoms with Crippen molar-refractivity contribution in [3.63, 3.8) is 0 Å². The number of para-hydroxylation sites is 1. The number of rotatable bonds is 5. The lowest BCUT2D eigenvalue weighted by Gasteiger charge is -2.23. The highest BCUT2D eigenvalue weighted by molar-refractivity contribution is 7.22. The van der Waals surface area contributed by atoms with Crippen LogP contribution in [-0.4, -0.2) is 35.3 Å². The van der Waals surface area contributed by atoms with E-state index in [2.05, 4.69) is 10.1 Å². The molecule has 3 heterocycles. The minimum Gasteiger partial charge on any atom is -0.376 e. The van der Waals surface area contributed by atoms with Crippen molar-refractivity contribution in [1.82, 2.24) is 10.1 Å². The Labute approximate surface area is 155 Å². The fourth-order valence-corrected chi connectivity index (χ4v) is 4.25. The molecule has 3 aromatic rings. The Hall–Kier alpha value is -2.25. The Morgan fingerprint density at radius 3 is 2.88 bits per heavy atom. The largest absolute Gasteiger partial charge is 0.376 e. The summed E-state index contributed by atoms with van der Waals surface area (Å²) in [4.78, 5) is 19.6. The molecule has 1 aromatic carbocycles. The van der Waals surface area contributed by atoms with Crippen LogP contribution in [0.1, 0.15) is 29.9 Å². The summed E-state index contributed by atoms with van der Waals surface area (Å²) < 4.78 is 12.0. The molecule has 0 aliphatic carbocycles. The second-order valence-corrected chi connectivity index (χ2v) is 7.59. The number of amides is 1. The van der Waals surface area contributed by atoms with E-state index in [0.717, 1.165) is 46.1 Å². The van der Waals surface area contributed by atoms with E-state index in [-0.39, 0.29) is 18.4 Å². The number of hydrogen-bond donors (Lipinski definition) is 0. The first kappa shape index (κ1) is 17.2. The minimum absolute atomic E-state index is 0.00560. The van der Waals surface area contributed by atoms with E-state index in [1.54, 1.807) is 4.90 Å². The van der Waals surface area contributed by atoms with E-state index in [0.29, 0.717) is 12.3 Å². The van der Waals surface area contributed by atoms with Crippen molar-refractivity contribution in [1.29, 1.82) is 0 Å². The zero-order chi connectivity index (χ0) is 18.1. The Morgan fingerprint density at radius 1 is 1.35 bits per heavy atom. The van der Waals surface area contributed by atoms with Gasteiger partial charge in [0, 0.05) is 12.2 Å². The van der Waals surface area contributed by atoms with Gasteiger partial charge in [-0.3, -0.25) is 9.69 Å². The standard InChI is InChI=1S/C19H21N3O3S/c1-12-15(13(2)25-21-12)10-18(23)22(11-14-6-5-9-24-14)19-20-16-7-3-4-8-17(16)26-19/h3-4,7-8,14H,5-6,9-11H2,1-2H3/t14-/m1/s1. The molecule has 136 valence electrons. The molecule has 0 unspecified atom stereocenters. The molecule has 0 radical (unpaired) electrons. The molecular weight excluding hydrogens is 350 g/mol. The van der Waals surface area contributed by atoms with Crippen molar-refractivity contribution in [2.24, 2.45) is 0 Å². The number of aryl methyl sites for hydroxylation is 2. The Bertz CT molecular complexity index is 875. The average Bonchev–Trinajstić information content (AvgIpc) is 3.35. The molecule has 7 heteroatoms. The molecule has 26 heavy (non-hydrogen) atoms. The van der Waals surface area contributed by atoms with E-state index in [9.17, 15) is 4.79 Å². The van der Waals surface area contributed by atoms with E-state index in [4.69, 9.17) is 9.26 Å². The summed E-state index contributed by atoms with van der Waals surface area (Å²) in [5.74, 6) is 0.686. The van der Waals surface area contributed by atoms with Crippen molar-refractivity contribution in [3.05, 3.63) is 41.3 Å². The van der Waals surface area contributed by atoms with Crippen LogP contribution < -0.4 is 4.90 Å². The van der Waals surface area contributed by atoms with Gasteiger partial charge in [0.25, 0.3) is 0 Å². The topological polar surface area (TPSA) is 68.5 Å². The molecule has 1 amide bonds. The number of carbonyl (C=O) groups is 1. The van der Waals surface area contributed by atoms with Gasteiger partial charge in [-0.05, 0) is 38.8 Å². The van der Waals surface area contributed by atoms with Gasteiger partial charge in [0.2, 0.25) is 5.91 Å². The fraction of sp³-hybridized carbons (Fsp3) is 0.421. The highest BCUT2D eigenvalue weighted by Gasteiger charge is 2.27. The monoisotopic (exact) mass is 371 g/mol. The highest BCUT2D eigenvalue weighted by Crippen LogP contribution is 2.30. The maximum Gasteiger partial charge on any atom is 0.233 e. The highest BCUT2D eigenvalue weighted by atomic mass is 32.1. The molecule has 1 fully saturated rings. The van der Waals surface area contributed by atoms with Crippen molar-refractivity contribution in [2.75, 3.05) is 18.1 Å². The van der Waals surface area contributed by atoms with Crippen molar-refractivity contribution in [2.45, 2.75) is 39.2 Å². The van der Waals surface area contributed by atoms with Crippen LogP contribution in [0, 0.1) is 13.8 Å². The molecule has 0 saturated carbocycles. The van der Waals surface area contributed by atoms with Crippen LogP contribution in [0.5, 0.6) is 0 Å². The molecule has 1 atom stereocenters. The SMILES string of the molecule is Cc1noc(C)c1CC(=O)N(C[C@H]1CCCO1)c1nc2ccccc2s1. The Morgan fingerprint density at radius 2 is 2.19 bits per heavy atom. The number of nitrogens with zero attached hydrogens (tertiary/aromatic N) is 3. The number of fused-ring (bicyclic) bond motifs is 1. The first-order chi connectivity index (χ1) is 12.6. The van der Waals surface area contributed by atoms with Gasteiger partial charge < -0.3 is 9.26 Å². The third-order valence-electron chi connectivity index (χ3n) is 4.73. The van der Waals surface area contributed by atoms with Crippen LogP contribution in [0.3, 0.4) is 0 Å².